The second-order valence-electron chi connectivity index (χ2n) is 2.77. The molecule has 3 N–H and O–H groups in total. The van der Waals surface area contributed by atoms with Gasteiger partial charge in [-0.2, -0.15) is 5.90 Å². The van der Waals surface area contributed by atoms with Gasteiger partial charge < -0.3 is 10.2 Å². The molecule has 0 aromatic rings. The van der Waals surface area contributed by atoms with Crippen molar-refractivity contribution in [3.8, 4) is 0 Å². The van der Waals surface area contributed by atoms with Gasteiger partial charge in [0.25, 0.3) is 0 Å². The van der Waals surface area contributed by atoms with Crippen molar-refractivity contribution >= 4 is 5.97 Å². The number of hydrogen-bond donors (Lipinski definition) is 2. The Morgan fingerprint density at radius 1 is 1.80 bits per heavy atom. The molecule has 4 heteroatoms. The zero-order valence-corrected chi connectivity index (χ0v) is 6.02. The molecule has 10 heavy (non-hydrogen) atoms. The lowest BCUT2D eigenvalue weighted by atomic mass is 10.0. The maximum Gasteiger partial charge on any atom is 0.344 e. The average Bonchev–Trinajstić information content (AvgIpc) is 2.36. The maximum absolute atomic E-state index is 10.9. The number of nitrogens with two attached hydrogens (primary N) is 1. The van der Waals surface area contributed by atoms with Crippen molar-refractivity contribution in [1.82, 2.24) is 5.32 Å². The Kier molecular flexibility index (Phi) is 1.92. The van der Waals surface area contributed by atoms with Crippen LogP contribution in [0.25, 0.3) is 0 Å². The topological polar surface area (TPSA) is 64.3 Å². The first-order valence-electron chi connectivity index (χ1n) is 3.35. The van der Waals surface area contributed by atoms with Gasteiger partial charge in [-0.1, -0.05) is 0 Å². The van der Waals surface area contributed by atoms with E-state index < -0.39 is 5.54 Å². The van der Waals surface area contributed by atoms with Gasteiger partial charge in [-0.3, -0.25) is 0 Å². The van der Waals surface area contributed by atoms with Gasteiger partial charge >= 0.3 is 5.97 Å². The predicted octanol–water partition coefficient (Wildman–Crippen LogP) is -0.455. The Morgan fingerprint density at radius 3 is 2.90 bits per heavy atom. The molecule has 0 radical (unpaired) electrons. The summed E-state index contributed by atoms with van der Waals surface area (Å²) >= 11 is 0. The van der Waals surface area contributed by atoms with E-state index in [0.717, 1.165) is 19.4 Å². The Labute approximate surface area is 59.7 Å². The molecule has 58 valence electrons. The summed E-state index contributed by atoms with van der Waals surface area (Å²) in [5, 5.41) is 3.03. The molecule has 0 saturated carbocycles. The Bertz CT molecular complexity index is 141. The molecule has 1 unspecified atom stereocenters. The van der Waals surface area contributed by atoms with Crippen molar-refractivity contribution in [3.63, 3.8) is 0 Å². The molecule has 1 saturated heterocycles. The highest BCUT2D eigenvalue weighted by Gasteiger charge is 2.37. The van der Waals surface area contributed by atoms with Crippen LogP contribution in [-0.2, 0) is 9.63 Å². The number of carbonyl (C=O) groups excluding carboxylic acids is 1. The summed E-state index contributed by atoms with van der Waals surface area (Å²) in [5.41, 5.74) is -0.533. The van der Waals surface area contributed by atoms with E-state index in [2.05, 4.69) is 10.2 Å². The van der Waals surface area contributed by atoms with Gasteiger partial charge in [-0.25, -0.2) is 4.79 Å². The van der Waals surface area contributed by atoms with E-state index in [1.165, 1.54) is 0 Å². The molecule has 0 aromatic heterocycles. The van der Waals surface area contributed by atoms with Crippen LogP contribution >= 0.6 is 0 Å². The third kappa shape index (κ3) is 1.12. The van der Waals surface area contributed by atoms with E-state index in [9.17, 15) is 4.79 Å². The van der Waals surface area contributed by atoms with E-state index >= 15 is 0 Å². The van der Waals surface area contributed by atoms with E-state index in [1.54, 1.807) is 6.92 Å². The largest absolute Gasteiger partial charge is 0.372 e. The number of nitrogens with one attached hydrogen (secondary N) is 1. The van der Waals surface area contributed by atoms with Crippen LogP contribution in [-0.4, -0.2) is 18.1 Å². The summed E-state index contributed by atoms with van der Waals surface area (Å²) in [7, 11) is 0. The third-order valence-corrected chi connectivity index (χ3v) is 1.93. The zero-order chi connectivity index (χ0) is 7.61. The van der Waals surface area contributed by atoms with Crippen molar-refractivity contribution in [2.24, 2.45) is 5.90 Å². The fourth-order valence-corrected chi connectivity index (χ4v) is 1.20. The van der Waals surface area contributed by atoms with Gasteiger partial charge in [0.1, 0.15) is 5.54 Å². The molecule has 1 rings (SSSR count). The molecule has 0 amide bonds. The van der Waals surface area contributed by atoms with E-state index in [4.69, 9.17) is 5.90 Å². The van der Waals surface area contributed by atoms with E-state index in [-0.39, 0.29) is 5.97 Å². The number of rotatable bonds is 1. The molecule has 1 aliphatic rings. The van der Waals surface area contributed by atoms with Crippen molar-refractivity contribution in [2.75, 3.05) is 6.54 Å². The van der Waals surface area contributed by atoms with Crippen LogP contribution in [0.3, 0.4) is 0 Å². The van der Waals surface area contributed by atoms with Gasteiger partial charge in [0.2, 0.25) is 0 Å². The summed E-state index contributed by atoms with van der Waals surface area (Å²) in [6, 6.07) is 0. The second kappa shape index (κ2) is 2.56. The highest BCUT2D eigenvalue weighted by molar-refractivity contribution is 5.80. The lowest BCUT2D eigenvalue weighted by Crippen LogP contribution is -2.46. The highest BCUT2D eigenvalue weighted by Crippen LogP contribution is 2.18. The Morgan fingerprint density at radius 2 is 2.50 bits per heavy atom. The minimum Gasteiger partial charge on any atom is -0.372 e. The lowest BCUT2D eigenvalue weighted by Gasteiger charge is -2.19. The van der Waals surface area contributed by atoms with Gasteiger partial charge in [0.15, 0.2) is 0 Å². The summed E-state index contributed by atoms with van der Waals surface area (Å²) in [6.07, 6.45) is 1.81. The van der Waals surface area contributed by atoms with Crippen LogP contribution in [0.5, 0.6) is 0 Å². The smallest absolute Gasteiger partial charge is 0.344 e. The van der Waals surface area contributed by atoms with Crippen LogP contribution < -0.4 is 11.2 Å². The first-order chi connectivity index (χ1) is 4.69. The summed E-state index contributed by atoms with van der Waals surface area (Å²) in [5.74, 6) is 4.38. The molecule has 1 atom stereocenters. The molecule has 0 bridgehead atoms. The fraction of sp³-hybridized carbons (Fsp3) is 0.833. The zero-order valence-electron chi connectivity index (χ0n) is 6.02. The van der Waals surface area contributed by atoms with Crippen LogP contribution in [0, 0.1) is 0 Å². The molecule has 1 heterocycles. The summed E-state index contributed by atoms with van der Waals surface area (Å²) < 4.78 is 0. The number of hydrogen-bond acceptors (Lipinski definition) is 4. The van der Waals surface area contributed by atoms with Crippen LogP contribution in [0.4, 0.5) is 0 Å². The Balaban J connectivity index is 2.58. The summed E-state index contributed by atoms with van der Waals surface area (Å²) in [4.78, 5) is 15.1. The minimum atomic E-state index is -0.533. The molecular formula is C6H12N2O2. The highest BCUT2D eigenvalue weighted by atomic mass is 16.7. The normalized spacial score (nSPS) is 32.2. The van der Waals surface area contributed by atoms with Crippen LogP contribution in [0.1, 0.15) is 19.8 Å². The van der Waals surface area contributed by atoms with Crippen molar-refractivity contribution in [2.45, 2.75) is 25.3 Å². The first kappa shape index (κ1) is 7.50. The standard InChI is InChI=1S/C6H12N2O2/c1-6(5(9)10-7)3-2-4-8-6/h8H,2-4,7H2,1H3. The monoisotopic (exact) mass is 144 g/mol. The molecule has 4 nitrogen and oxygen atoms in total. The minimum absolute atomic E-state index is 0.370. The predicted molar refractivity (Wildman–Crippen MR) is 35.9 cm³/mol. The van der Waals surface area contributed by atoms with Gasteiger partial charge in [0.05, 0.1) is 0 Å². The molecule has 0 aromatic carbocycles. The molecular weight excluding hydrogens is 132 g/mol. The third-order valence-electron chi connectivity index (χ3n) is 1.93. The average molecular weight is 144 g/mol. The van der Waals surface area contributed by atoms with Crippen LogP contribution in [0.2, 0.25) is 0 Å². The molecule has 1 fully saturated rings. The maximum atomic E-state index is 10.9. The SMILES string of the molecule is CC1(C(=O)ON)CCCN1. The van der Waals surface area contributed by atoms with Gasteiger partial charge in [-0.15, -0.1) is 0 Å². The number of carbonyl (C=O) groups is 1. The van der Waals surface area contributed by atoms with Crippen molar-refractivity contribution in [3.05, 3.63) is 0 Å². The first-order valence-corrected chi connectivity index (χ1v) is 3.35. The molecule has 0 spiro atoms. The summed E-state index contributed by atoms with van der Waals surface area (Å²) in [6.45, 7) is 2.67. The molecule has 0 aliphatic carbocycles. The second-order valence-corrected chi connectivity index (χ2v) is 2.77. The Hall–Kier alpha value is -0.610. The fourth-order valence-electron chi connectivity index (χ4n) is 1.20. The van der Waals surface area contributed by atoms with Crippen molar-refractivity contribution in [1.29, 1.82) is 0 Å². The van der Waals surface area contributed by atoms with Gasteiger partial charge in [-0.05, 0) is 26.3 Å². The van der Waals surface area contributed by atoms with Crippen LogP contribution in [0.15, 0.2) is 0 Å². The molecule has 1 aliphatic heterocycles. The van der Waals surface area contributed by atoms with Crippen molar-refractivity contribution < 1.29 is 9.63 Å². The van der Waals surface area contributed by atoms with E-state index in [1.807, 2.05) is 0 Å². The van der Waals surface area contributed by atoms with E-state index in [0.29, 0.717) is 0 Å². The quantitative estimate of drug-likeness (QED) is 0.489. The lowest BCUT2D eigenvalue weighted by molar-refractivity contribution is -0.150. The van der Waals surface area contributed by atoms with Gasteiger partial charge in [0, 0.05) is 0 Å².